The highest BCUT2D eigenvalue weighted by molar-refractivity contribution is 7.86. The fraction of sp³-hybridized carbons (Fsp3) is 0.385. The molecule has 3 heterocycles. The molecule has 0 saturated carbocycles. The number of ether oxygens (including phenoxy) is 3. The summed E-state index contributed by atoms with van der Waals surface area (Å²) < 4.78 is 78.5. The lowest BCUT2D eigenvalue weighted by atomic mass is 10.0. The zero-order valence-electron chi connectivity index (χ0n) is 22.9. The summed E-state index contributed by atoms with van der Waals surface area (Å²) in [6, 6.07) is 8.69. The van der Waals surface area contributed by atoms with Gasteiger partial charge in [-0.3, -0.25) is 0 Å². The molecule has 0 aliphatic carbocycles. The zero-order chi connectivity index (χ0) is 30.1. The van der Waals surface area contributed by atoms with Gasteiger partial charge >= 0.3 is 21.8 Å². The molecular formula is C26H28F2N6O7S. The third-order valence-electron chi connectivity index (χ3n) is 6.57. The average molecular weight is 607 g/mol. The molecule has 1 aliphatic heterocycles. The third-order valence-corrected chi connectivity index (χ3v) is 7.03. The van der Waals surface area contributed by atoms with Gasteiger partial charge in [-0.2, -0.15) is 13.5 Å². The number of rotatable bonds is 11. The van der Waals surface area contributed by atoms with Crippen molar-refractivity contribution in [3.63, 3.8) is 0 Å². The lowest BCUT2D eigenvalue weighted by molar-refractivity contribution is -0.192. The van der Waals surface area contributed by atoms with E-state index in [1.807, 2.05) is 6.92 Å². The zero-order valence-corrected chi connectivity index (χ0v) is 23.7. The van der Waals surface area contributed by atoms with E-state index in [1.54, 1.807) is 31.2 Å². The van der Waals surface area contributed by atoms with Crippen molar-refractivity contribution in [2.75, 3.05) is 19.5 Å². The van der Waals surface area contributed by atoms with Gasteiger partial charge in [-0.15, -0.1) is 5.10 Å². The normalized spacial score (nSPS) is 19.6. The number of aromatic nitrogens is 6. The number of nitrogens with zero attached hydrogens (tertiary/aromatic N) is 6. The summed E-state index contributed by atoms with van der Waals surface area (Å²) in [6.45, 7) is 3.65. The van der Waals surface area contributed by atoms with Gasteiger partial charge in [0.25, 0.3) is 0 Å². The summed E-state index contributed by atoms with van der Waals surface area (Å²) >= 11 is 0. The van der Waals surface area contributed by atoms with Crippen LogP contribution in [0.25, 0.3) is 5.69 Å². The molecule has 0 amide bonds. The summed E-state index contributed by atoms with van der Waals surface area (Å²) in [7, 11) is -3.96. The van der Waals surface area contributed by atoms with E-state index in [0.29, 0.717) is 17.9 Å². The van der Waals surface area contributed by atoms with Crippen molar-refractivity contribution in [2.45, 2.75) is 44.7 Å². The summed E-state index contributed by atoms with van der Waals surface area (Å²) in [5.41, 5.74) is -0.258. The van der Waals surface area contributed by atoms with Gasteiger partial charge in [0.15, 0.2) is 0 Å². The molecule has 3 unspecified atom stereocenters. The summed E-state index contributed by atoms with van der Waals surface area (Å²) in [5.74, 6) is -2.77. The van der Waals surface area contributed by atoms with E-state index < -0.39 is 39.3 Å². The van der Waals surface area contributed by atoms with E-state index in [9.17, 15) is 22.0 Å². The standard InChI is InChI=1S/C26H28F2N6O7S/c1-4-17(2)34-25(35)33(24(31-34)41-42(3,36)37)19-6-8-20(9-7-19)38-12-21-13-39-26(40-21,14-32-16-29-15-30-32)22-10-5-18(27)11-23(22)28/h5-11,15-17,21H,4,12-14H2,1-3H3. The maximum Gasteiger partial charge on any atom is 0.353 e. The summed E-state index contributed by atoms with van der Waals surface area (Å²) in [6.07, 6.45) is 3.55. The highest BCUT2D eigenvalue weighted by Gasteiger charge is 2.46. The smallest absolute Gasteiger partial charge is 0.353 e. The molecule has 42 heavy (non-hydrogen) atoms. The maximum absolute atomic E-state index is 14.8. The summed E-state index contributed by atoms with van der Waals surface area (Å²) in [4.78, 5) is 17.0. The van der Waals surface area contributed by atoms with Gasteiger partial charge in [0, 0.05) is 11.6 Å². The van der Waals surface area contributed by atoms with E-state index in [4.69, 9.17) is 18.4 Å². The van der Waals surface area contributed by atoms with E-state index in [2.05, 4.69) is 15.2 Å². The van der Waals surface area contributed by atoms with Crippen LogP contribution in [0.3, 0.4) is 0 Å². The van der Waals surface area contributed by atoms with Crippen LogP contribution in [0.2, 0.25) is 0 Å². The van der Waals surface area contributed by atoms with Crippen LogP contribution in [-0.2, 0) is 31.9 Å². The number of hydrogen-bond acceptors (Lipinski definition) is 10. The van der Waals surface area contributed by atoms with Crippen LogP contribution in [0.1, 0.15) is 31.9 Å². The fourth-order valence-electron chi connectivity index (χ4n) is 4.40. The molecule has 13 nitrogen and oxygen atoms in total. The second-order valence-corrected chi connectivity index (χ2v) is 11.3. The van der Waals surface area contributed by atoms with Crippen LogP contribution >= 0.6 is 0 Å². The van der Waals surface area contributed by atoms with Crippen molar-refractivity contribution in [1.29, 1.82) is 0 Å². The van der Waals surface area contributed by atoms with E-state index >= 15 is 0 Å². The molecule has 2 aromatic heterocycles. The first-order chi connectivity index (χ1) is 20.0. The molecule has 224 valence electrons. The minimum absolute atomic E-state index is 0.00162. The Morgan fingerprint density at radius 1 is 1.19 bits per heavy atom. The molecule has 0 bridgehead atoms. The minimum Gasteiger partial charge on any atom is -0.491 e. The van der Waals surface area contributed by atoms with Crippen LogP contribution < -0.4 is 14.6 Å². The maximum atomic E-state index is 14.8. The third kappa shape index (κ3) is 6.19. The Labute approximate surface area is 239 Å². The lowest BCUT2D eigenvalue weighted by Gasteiger charge is -2.28. The predicted octanol–water partition coefficient (Wildman–Crippen LogP) is 2.56. The lowest BCUT2D eigenvalue weighted by Crippen LogP contribution is -2.35. The molecule has 16 heteroatoms. The van der Waals surface area contributed by atoms with Crippen LogP contribution in [0.15, 0.2) is 59.9 Å². The average Bonchev–Trinajstić information content (AvgIpc) is 3.67. The van der Waals surface area contributed by atoms with Gasteiger partial charge in [-0.1, -0.05) is 6.92 Å². The Bertz CT molecular complexity index is 1710. The minimum atomic E-state index is -3.96. The van der Waals surface area contributed by atoms with Crippen molar-refractivity contribution in [3.05, 3.63) is 82.8 Å². The first-order valence-electron chi connectivity index (χ1n) is 12.9. The Morgan fingerprint density at radius 3 is 2.60 bits per heavy atom. The molecule has 1 saturated heterocycles. The monoisotopic (exact) mass is 606 g/mol. The van der Waals surface area contributed by atoms with Gasteiger partial charge in [0.05, 0.1) is 24.6 Å². The first-order valence-corrected chi connectivity index (χ1v) is 14.7. The SMILES string of the molecule is CCC(C)n1nc(OS(C)(=O)=O)n(-c2ccc(OCC3COC(Cn4cncn4)(c4ccc(F)cc4F)O3)cc2)c1=O. The molecule has 0 spiro atoms. The van der Waals surface area contributed by atoms with Crippen LogP contribution in [0.4, 0.5) is 8.78 Å². The molecule has 3 atom stereocenters. The second-order valence-electron chi connectivity index (χ2n) is 9.72. The van der Waals surface area contributed by atoms with Crippen molar-refractivity contribution in [1.82, 2.24) is 29.1 Å². The Hall–Kier alpha value is -4.15. The van der Waals surface area contributed by atoms with Gasteiger partial charge in [-0.25, -0.2) is 32.5 Å². The van der Waals surface area contributed by atoms with Gasteiger partial charge in [0.2, 0.25) is 5.79 Å². The van der Waals surface area contributed by atoms with Crippen LogP contribution in [0.5, 0.6) is 11.8 Å². The van der Waals surface area contributed by atoms with Gasteiger partial charge < -0.3 is 18.4 Å². The molecule has 0 N–H and O–H groups in total. The van der Waals surface area contributed by atoms with Gasteiger partial charge in [0.1, 0.15) is 49.3 Å². The molecule has 1 aliphatic rings. The van der Waals surface area contributed by atoms with Crippen molar-refractivity contribution < 1.29 is 35.6 Å². The Balaban J connectivity index is 1.33. The largest absolute Gasteiger partial charge is 0.491 e. The highest BCUT2D eigenvalue weighted by atomic mass is 32.2. The summed E-state index contributed by atoms with van der Waals surface area (Å²) in [5, 5.41) is 8.12. The highest BCUT2D eigenvalue weighted by Crippen LogP contribution is 2.37. The van der Waals surface area contributed by atoms with E-state index in [-0.39, 0.29) is 37.4 Å². The van der Waals surface area contributed by atoms with Gasteiger partial charge in [-0.05, 0) is 49.7 Å². The van der Waals surface area contributed by atoms with Crippen molar-refractivity contribution >= 4 is 10.1 Å². The first kappa shape index (κ1) is 29.3. The number of halogens is 2. The predicted molar refractivity (Wildman–Crippen MR) is 143 cm³/mol. The van der Waals surface area contributed by atoms with E-state index in [1.165, 1.54) is 23.4 Å². The topological polar surface area (TPSA) is 142 Å². The molecule has 5 rings (SSSR count). The fourth-order valence-corrected chi connectivity index (χ4v) is 4.78. The second kappa shape index (κ2) is 11.6. The molecule has 0 radical (unpaired) electrons. The van der Waals surface area contributed by atoms with Crippen LogP contribution in [0, 0.1) is 11.6 Å². The molecular weight excluding hydrogens is 578 g/mol. The number of hydrogen-bond donors (Lipinski definition) is 0. The van der Waals surface area contributed by atoms with E-state index in [0.717, 1.165) is 27.6 Å². The quantitative estimate of drug-likeness (QED) is 0.234. The Morgan fingerprint density at radius 2 is 1.95 bits per heavy atom. The van der Waals surface area contributed by atoms with Crippen LogP contribution in [-0.4, -0.2) is 63.1 Å². The number of benzene rings is 2. The van der Waals surface area contributed by atoms with Crippen molar-refractivity contribution in [2.24, 2.45) is 0 Å². The molecule has 2 aromatic carbocycles. The molecule has 1 fully saturated rings. The Kier molecular flexibility index (Phi) is 8.12. The molecule has 4 aromatic rings. The van der Waals surface area contributed by atoms with Crippen molar-refractivity contribution in [3.8, 4) is 17.4 Å².